The third-order valence-electron chi connectivity index (χ3n) is 4.06. The molecule has 3 nitrogen and oxygen atoms in total. The van der Waals surface area contributed by atoms with E-state index < -0.39 is 0 Å². The molecule has 23 heavy (non-hydrogen) atoms. The summed E-state index contributed by atoms with van der Waals surface area (Å²) in [5.41, 5.74) is 0.510. The SMILES string of the molecule is CC(C)(C)CCCCCCCCCCCOCn1cnc(Br)c1. The molecule has 0 amide bonds. The summed E-state index contributed by atoms with van der Waals surface area (Å²) in [6.45, 7) is 8.47. The first-order valence-electron chi connectivity index (χ1n) is 9.22. The van der Waals surface area contributed by atoms with E-state index in [4.69, 9.17) is 4.74 Å². The molecule has 0 unspecified atom stereocenters. The van der Waals surface area contributed by atoms with E-state index in [0.29, 0.717) is 12.1 Å². The molecule has 134 valence electrons. The smallest absolute Gasteiger partial charge is 0.124 e. The first-order chi connectivity index (χ1) is 11.0. The maximum atomic E-state index is 5.63. The van der Waals surface area contributed by atoms with Crippen LogP contribution in [0.3, 0.4) is 0 Å². The van der Waals surface area contributed by atoms with E-state index in [-0.39, 0.29) is 0 Å². The number of hydrogen-bond donors (Lipinski definition) is 0. The lowest BCUT2D eigenvalue weighted by molar-refractivity contribution is 0.0737. The Labute approximate surface area is 151 Å². The van der Waals surface area contributed by atoms with Gasteiger partial charge in [-0.25, -0.2) is 4.98 Å². The zero-order chi connectivity index (χ0) is 17.0. The summed E-state index contributed by atoms with van der Waals surface area (Å²) in [6, 6.07) is 0. The van der Waals surface area contributed by atoms with Gasteiger partial charge in [0.15, 0.2) is 0 Å². The summed E-state index contributed by atoms with van der Waals surface area (Å²) in [4.78, 5) is 4.10. The Bertz CT molecular complexity index is 398. The molecule has 0 aliphatic heterocycles. The Kier molecular flexibility index (Phi) is 10.9. The molecule has 0 saturated carbocycles. The van der Waals surface area contributed by atoms with Crippen LogP contribution in [0.1, 0.15) is 85.0 Å². The van der Waals surface area contributed by atoms with E-state index in [0.717, 1.165) is 11.2 Å². The van der Waals surface area contributed by atoms with Crippen LogP contribution in [0.4, 0.5) is 0 Å². The zero-order valence-corrected chi connectivity index (χ0v) is 16.9. The number of imidazole rings is 1. The minimum atomic E-state index is 0.510. The van der Waals surface area contributed by atoms with Crippen LogP contribution >= 0.6 is 15.9 Å². The molecular weight excluding hydrogens is 352 g/mol. The van der Waals surface area contributed by atoms with Crippen molar-refractivity contribution < 1.29 is 4.74 Å². The van der Waals surface area contributed by atoms with E-state index >= 15 is 0 Å². The molecular formula is C19H35BrN2O. The minimum Gasteiger partial charge on any atom is -0.361 e. The quantitative estimate of drug-likeness (QED) is 0.358. The molecule has 1 rings (SSSR count). The largest absolute Gasteiger partial charge is 0.361 e. The molecule has 1 heterocycles. The van der Waals surface area contributed by atoms with Gasteiger partial charge in [-0.3, -0.25) is 0 Å². The van der Waals surface area contributed by atoms with E-state index in [2.05, 4.69) is 41.7 Å². The third-order valence-corrected chi connectivity index (χ3v) is 4.47. The van der Waals surface area contributed by atoms with Crippen LogP contribution in [0.5, 0.6) is 0 Å². The Hall–Kier alpha value is -0.350. The highest BCUT2D eigenvalue weighted by molar-refractivity contribution is 9.10. The monoisotopic (exact) mass is 386 g/mol. The van der Waals surface area contributed by atoms with E-state index in [9.17, 15) is 0 Å². The van der Waals surface area contributed by atoms with E-state index in [1.807, 2.05) is 10.8 Å². The summed E-state index contributed by atoms with van der Waals surface area (Å²) in [5.74, 6) is 0. The van der Waals surface area contributed by atoms with Crippen molar-refractivity contribution >= 4 is 15.9 Å². The predicted molar refractivity (Wildman–Crippen MR) is 102 cm³/mol. The van der Waals surface area contributed by atoms with E-state index in [1.54, 1.807) is 6.33 Å². The topological polar surface area (TPSA) is 27.1 Å². The van der Waals surface area contributed by atoms with Crippen LogP contribution in [0.15, 0.2) is 17.1 Å². The van der Waals surface area contributed by atoms with Gasteiger partial charge in [-0.2, -0.15) is 0 Å². The molecule has 1 aromatic rings. The van der Waals surface area contributed by atoms with Crippen LogP contribution < -0.4 is 0 Å². The van der Waals surface area contributed by atoms with Crippen LogP contribution in [0.25, 0.3) is 0 Å². The second-order valence-corrected chi connectivity index (χ2v) is 8.55. The number of ether oxygens (including phenoxy) is 1. The van der Waals surface area contributed by atoms with Crippen molar-refractivity contribution in [3.63, 3.8) is 0 Å². The number of nitrogens with zero attached hydrogens (tertiary/aromatic N) is 2. The zero-order valence-electron chi connectivity index (χ0n) is 15.3. The molecule has 0 radical (unpaired) electrons. The third kappa shape index (κ3) is 12.7. The van der Waals surface area contributed by atoms with Gasteiger partial charge in [0.25, 0.3) is 0 Å². The maximum absolute atomic E-state index is 5.63. The molecule has 0 atom stereocenters. The van der Waals surface area contributed by atoms with Gasteiger partial charge in [-0.15, -0.1) is 0 Å². The van der Waals surface area contributed by atoms with Crippen LogP contribution in [-0.4, -0.2) is 16.2 Å². The Balaban J connectivity index is 1.76. The van der Waals surface area contributed by atoms with Gasteiger partial charge in [-0.1, -0.05) is 72.1 Å². The Morgan fingerprint density at radius 1 is 0.957 bits per heavy atom. The second kappa shape index (κ2) is 12.1. The Morgan fingerprint density at radius 2 is 1.52 bits per heavy atom. The fraction of sp³-hybridized carbons (Fsp3) is 0.842. The van der Waals surface area contributed by atoms with Crippen LogP contribution in [-0.2, 0) is 11.5 Å². The molecule has 0 spiro atoms. The molecule has 0 bridgehead atoms. The predicted octanol–water partition coefficient (Wildman–Crippen LogP) is 6.57. The molecule has 0 aliphatic rings. The van der Waals surface area contributed by atoms with Crippen LogP contribution in [0.2, 0.25) is 0 Å². The summed E-state index contributed by atoms with van der Waals surface area (Å²) in [5, 5.41) is 0. The summed E-state index contributed by atoms with van der Waals surface area (Å²) in [6.07, 6.45) is 17.3. The van der Waals surface area contributed by atoms with Crippen molar-refractivity contribution in [3.8, 4) is 0 Å². The molecule has 0 aromatic carbocycles. The number of hydrogen-bond acceptors (Lipinski definition) is 2. The Morgan fingerprint density at radius 3 is 2.04 bits per heavy atom. The van der Waals surface area contributed by atoms with Gasteiger partial charge in [-0.05, 0) is 34.2 Å². The van der Waals surface area contributed by atoms with Gasteiger partial charge in [0.2, 0.25) is 0 Å². The van der Waals surface area contributed by atoms with Gasteiger partial charge in [0.05, 0.1) is 6.33 Å². The number of aromatic nitrogens is 2. The highest BCUT2D eigenvalue weighted by Crippen LogP contribution is 2.22. The molecule has 0 N–H and O–H groups in total. The first-order valence-corrected chi connectivity index (χ1v) is 10.0. The lowest BCUT2D eigenvalue weighted by Crippen LogP contribution is -2.03. The van der Waals surface area contributed by atoms with Crippen molar-refractivity contribution in [2.75, 3.05) is 6.61 Å². The average molecular weight is 387 g/mol. The highest BCUT2D eigenvalue weighted by atomic mass is 79.9. The van der Waals surface area contributed by atoms with Gasteiger partial charge in [0, 0.05) is 12.8 Å². The molecule has 0 fully saturated rings. The summed E-state index contributed by atoms with van der Waals surface area (Å²) >= 11 is 3.33. The fourth-order valence-electron chi connectivity index (χ4n) is 2.67. The van der Waals surface area contributed by atoms with Gasteiger partial charge < -0.3 is 9.30 Å². The first kappa shape index (κ1) is 20.7. The number of unbranched alkanes of at least 4 members (excludes halogenated alkanes) is 8. The number of halogens is 1. The summed E-state index contributed by atoms with van der Waals surface area (Å²) < 4.78 is 8.44. The van der Waals surface area contributed by atoms with Crippen molar-refractivity contribution in [1.29, 1.82) is 0 Å². The van der Waals surface area contributed by atoms with Crippen molar-refractivity contribution in [1.82, 2.24) is 9.55 Å². The molecule has 0 aliphatic carbocycles. The molecule has 1 aromatic heterocycles. The molecule has 4 heteroatoms. The normalized spacial score (nSPS) is 12.0. The second-order valence-electron chi connectivity index (χ2n) is 7.74. The van der Waals surface area contributed by atoms with Gasteiger partial charge >= 0.3 is 0 Å². The molecule has 0 saturated heterocycles. The van der Waals surface area contributed by atoms with Crippen molar-refractivity contribution in [2.24, 2.45) is 5.41 Å². The highest BCUT2D eigenvalue weighted by Gasteiger charge is 2.08. The standard InChI is InChI=1S/C19H35BrN2O/c1-19(2,3)13-11-9-7-5-4-6-8-10-12-14-23-17-22-15-18(20)21-16-22/h15-16H,4-14,17H2,1-3H3. The van der Waals surface area contributed by atoms with Crippen molar-refractivity contribution in [2.45, 2.75) is 91.7 Å². The fourth-order valence-corrected chi connectivity index (χ4v) is 3.02. The van der Waals surface area contributed by atoms with Crippen molar-refractivity contribution in [3.05, 3.63) is 17.1 Å². The van der Waals surface area contributed by atoms with E-state index in [1.165, 1.54) is 64.2 Å². The summed E-state index contributed by atoms with van der Waals surface area (Å²) in [7, 11) is 0. The maximum Gasteiger partial charge on any atom is 0.124 e. The lowest BCUT2D eigenvalue weighted by Gasteiger charge is -2.17. The van der Waals surface area contributed by atoms with Gasteiger partial charge in [0.1, 0.15) is 11.3 Å². The minimum absolute atomic E-state index is 0.510. The lowest BCUT2D eigenvalue weighted by atomic mass is 9.89. The average Bonchev–Trinajstić information content (AvgIpc) is 2.88. The number of rotatable bonds is 13. The van der Waals surface area contributed by atoms with Crippen LogP contribution in [0, 0.1) is 5.41 Å².